The summed E-state index contributed by atoms with van der Waals surface area (Å²) in [6.45, 7) is 7.24. The molecular formula is C11H21N3. The van der Waals surface area contributed by atoms with Crippen LogP contribution < -0.4 is 5.73 Å². The van der Waals surface area contributed by atoms with Gasteiger partial charge in [-0.05, 0) is 39.2 Å². The Hall–Kier alpha value is -0.830. The van der Waals surface area contributed by atoms with Crippen molar-refractivity contribution in [3.8, 4) is 0 Å². The molecule has 2 N–H and O–H groups in total. The molecule has 0 aliphatic rings. The SMILES string of the molecule is CCC(N)CCc1cc(C)nn1CC. The van der Waals surface area contributed by atoms with E-state index in [9.17, 15) is 0 Å². The number of aryl methyl sites for hydroxylation is 3. The smallest absolute Gasteiger partial charge is 0.0596 e. The highest BCUT2D eigenvalue weighted by Gasteiger charge is 2.06. The van der Waals surface area contributed by atoms with Crippen molar-refractivity contribution in [2.45, 2.75) is 52.6 Å². The zero-order valence-electron chi connectivity index (χ0n) is 9.45. The van der Waals surface area contributed by atoms with Gasteiger partial charge in [0.15, 0.2) is 0 Å². The molecule has 0 aliphatic carbocycles. The fourth-order valence-electron chi connectivity index (χ4n) is 1.61. The van der Waals surface area contributed by atoms with Crippen LogP contribution in [-0.4, -0.2) is 15.8 Å². The third kappa shape index (κ3) is 2.84. The molecule has 0 saturated heterocycles. The Morgan fingerprint density at radius 2 is 2.21 bits per heavy atom. The van der Waals surface area contributed by atoms with Crippen molar-refractivity contribution in [1.82, 2.24) is 9.78 Å². The number of rotatable bonds is 5. The fraction of sp³-hybridized carbons (Fsp3) is 0.727. The van der Waals surface area contributed by atoms with Crippen LogP contribution >= 0.6 is 0 Å². The van der Waals surface area contributed by atoms with E-state index in [2.05, 4.69) is 29.7 Å². The van der Waals surface area contributed by atoms with E-state index >= 15 is 0 Å². The molecular weight excluding hydrogens is 174 g/mol. The average molecular weight is 195 g/mol. The van der Waals surface area contributed by atoms with Gasteiger partial charge >= 0.3 is 0 Å². The molecule has 1 heterocycles. The third-order valence-electron chi connectivity index (χ3n) is 2.58. The number of aromatic nitrogens is 2. The predicted molar refractivity (Wildman–Crippen MR) is 59.2 cm³/mol. The minimum absolute atomic E-state index is 0.329. The summed E-state index contributed by atoms with van der Waals surface area (Å²) >= 11 is 0. The van der Waals surface area contributed by atoms with Crippen LogP contribution in [0.2, 0.25) is 0 Å². The van der Waals surface area contributed by atoms with Crippen molar-refractivity contribution >= 4 is 0 Å². The van der Waals surface area contributed by atoms with Crippen molar-refractivity contribution in [2.24, 2.45) is 5.73 Å². The Morgan fingerprint density at radius 3 is 2.79 bits per heavy atom. The Balaban J connectivity index is 2.57. The van der Waals surface area contributed by atoms with Gasteiger partial charge < -0.3 is 5.73 Å². The lowest BCUT2D eigenvalue weighted by Crippen LogP contribution is -2.19. The van der Waals surface area contributed by atoms with Crippen LogP contribution in [0.1, 0.15) is 38.1 Å². The Morgan fingerprint density at radius 1 is 1.50 bits per heavy atom. The highest BCUT2D eigenvalue weighted by Crippen LogP contribution is 2.08. The van der Waals surface area contributed by atoms with Crippen LogP contribution in [-0.2, 0) is 13.0 Å². The first kappa shape index (κ1) is 11.2. The molecule has 80 valence electrons. The molecule has 14 heavy (non-hydrogen) atoms. The summed E-state index contributed by atoms with van der Waals surface area (Å²) in [6, 6.07) is 2.49. The predicted octanol–water partition coefficient (Wildman–Crippen LogP) is 1.88. The number of nitrogens with zero attached hydrogens (tertiary/aromatic N) is 2. The maximum Gasteiger partial charge on any atom is 0.0596 e. The Kier molecular flexibility index (Phi) is 4.14. The van der Waals surface area contributed by atoms with E-state index in [1.807, 2.05) is 6.92 Å². The Bertz CT molecular complexity index is 278. The summed E-state index contributed by atoms with van der Waals surface area (Å²) in [5.74, 6) is 0. The zero-order chi connectivity index (χ0) is 10.6. The molecule has 0 fully saturated rings. The topological polar surface area (TPSA) is 43.8 Å². The lowest BCUT2D eigenvalue weighted by molar-refractivity contribution is 0.556. The van der Waals surface area contributed by atoms with Crippen LogP contribution in [0.3, 0.4) is 0 Å². The van der Waals surface area contributed by atoms with Crippen LogP contribution in [0.4, 0.5) is 0 Å². The van der Waals surface area contributed by atoms with Crippen molar-refractivity contribution in [2.75, 3.05) is 0 Å². The highest BCUT2D eigenvalue weighted by molar-refractivity contribution is 5.09. The third-order valence-corrected chi connectivity index (χ3v) is 2.58. The Labute approximate surface area is 86.3 Å². The second kappa shape index (κ2) is 5.15. The molecule has 0 radical (unpaired) electrons. The van der Waals surface area contributed by atoms with Crippen molar-refractivity contribution in [1.29, 1.82) is 0 Å². The van der Waals surface area contributed by atoms with Crippen molar-refractivity contribution in [3.63, 3.8) is 0 Å². The second-order valence-electron chi connectivity index (χ2n) is 3.80. The number of hydrogen-bond donors (Lipinski definition) is 1. The van der Waals surface area contributed by atoms with Gasteiger partial charge in [0.05, 0.1) is 5.69 Å². The number of hydrogen-bond acceptors (Lipinski definition) is 2. The van der Waals surface area contributed by atoms with Crippen LogP contribution in [0, 0.1) is 6.92 Å². The van der Waals surface area contributed by atoms with E-state index in [4.69, 9.17) is 5.73 Å². The summed E-state index contributed by atoms with van der Waals surface area (Å²) in [6.07, 6.45) is 3.16. The van der Waals surface area contributed by atoms with Crippen molar-refractivity contribution in [3.05, 3.63) is 17.5 Å². The van der Waals surface area contributed by atoms with Gasteiger partial charge in [0.2, 0.25) is 0 Å². The van der Waals surface area contributed by atoms with Gasteiger partial charge in [-0.1, -0.05) is 6.92 Å². The largest absolute Gasteiger partial charge is 0.328 e. The summed E-state index contributed by atoms with van der Waals surface area (Å²) in [4.78, 5) is 0. The molecule has 3 nitrogen and oxygen atoms in total. The van der Waals surface area contributed by atoms with E-state index in [-0.39, 0.29) is 0 Å². The van der Waals surface area contributed by atoms with Gasteiger partial charge in [0, 0.05) is 18.3 Å². The highest BCUT2D eigenvalue weighted by atomic mass is 15.3. The van der Waals surface area contributed by atoms with E-state index < -0.39 is 0 Å². The quantitative estimate of drug-likeness (QED) is 0.779. The second-order valence-corrected chi connectivity index (χ2v) is 3.80. The molecule has 3 heteroatoms. The summed E-state index contributed by atoms with van der Waals surface area (Å²) in [5.41, 5.74) is 8.31. The van der Waals surface area contributed by atoms with E-state index in [0.717, 1.165) is 31.5 Å². The summed E-state index contributed by atoms with van der Waals surface area (Å²) in [7, 11) is 0. The molecule has 0 amide bonds. The molecule has 1 unspecified atom stereocenters. The standard InChI is InChI=1S/C11H21N3/c1-4-10(12)6-7-11-8-9(3)13-14(11)5-2/h8,10H,4-7,12H2,1-3H3. The van der Waals surface area contributed by atoms with Gasteiger partial charge in [0.25, 0.3) is 0 Å². The maximum atomic E-state index is 5.89. The number of nitrogens with two attached hydrogens (primary N) is 1. The monoisotopic (exact) mass is 195 g/mol. The fourth-order valence-corrected chi connectivity index (χ4v) is 1.61. The lowest BCUT2D eigenvalue weighted by atomic mass is 10.1. The normalized spacial score (nSPS) is 13.1. The first-order valence-electron chi connectivity index (χ1n) is 5.46. The van der Waals surface area contributed by atoms with E-state index in [0.29, 0.717) is 6.04 Å². The summed E-state index contributed by atoms with van der Waals surface area (Å²) in [5, 5.41) is 4.41. The van der Waals surface area contributed by atoms with Gasteiger partial charge in [-0.2, -0.15) is 5.10 Å². The van der Waals surface area contributed by atoms with Crippen LogP contribution in [0.5, 0.6) is 0 Å². The lowest BCUT2D eigenvalue weighted by Gasteiger charge is -2.08. The molecule has 1 aromatic heterocycles. The first-order chi connectivity index (χ1) is 6.67. The molecule has 0 aliphatic heterocycles. The van der Waals surface area contributed by atoms with Gasteiger partial charge in [0.1, 0.15) is 0 Å². The van der Waals surface area contributed by atoms with Crippen LogP contribution in [0.15, 0.2) is 6.07 Å². The molecule has 1 rings (SSSR count). The molecule has 0 bridgehead atoms. The van der Waals surface area contributed by atoms with Gasteiger partial charge in [-0.25, -0.2) is 0 Å². The minimum Gasteiger partial charge on any atom is -0.328 e. The van der Waals surface area contributed by atoms with Crippen molar-refractivity contribution < 1.29 is 0 Å². The van der Waals surface area contributed by atoms with Gasteiger partial charge in [-0.3, -0.25) is 4.68 Å². The average Bonchev–Trinajstić information content (AvgIpc) is 2.55. The van der Waals surface area contributed by atoms with E-state index in [1.54, 1.807) is 0 Å². The molecule has 1 aromatic rings. The first-order valence-corrected chi connectivity index (χ1v) is 5.46. The minimum atomic E-state index is 0.329. The molecule has 0 spiro atoms. The molecule has 0 saturated carbocycles. The summed E-state index contributed by atoms with van der Waals surface area (Å²) < 4.78 is 2.07. The molecule has 1 atom stereocenters. The van der Waals surface area contributed by atoms with Crippen LogP contribution in [0.25, 0.3) is 0 Å². The molecule has 0 aromatic carbocycles. The zero-order valence-corrected chi connectivity index (χ0v) is 9.45. The van der Waals surface area contributed by atoms with E-state index in [1.165, 1.54) is 5.69 Å². The maximum absolute atomic E-state index is 5.89. The van der Waals surface area contributed by atoms with Gasteiger partial charge in [-0.15, -0.1) is 0 Å².